The summed E-state index contributed by atoms with van der Waals surface area (Å²) in [6, 6.07) is 4.70. The summed E-state index contributed by atoms with van der Waals surface area (Å²) in [5, 5.41) is 0. The Bertz CT molecular complexity index is 596. The quantitative estimate of drug-likeness (QED) is 0.758. The third-order valence-corrected chi connectivity index (χ3v) is 5.14. The second-order valence-electron chi connectivity index (χ2n) is 6.04. The predicted octanol–water partition coefficient (Wildman–Crippen LogP) is 3.80. The number of rotatable bonds is 2. The molecule has 3 rings (SSSR count). The van der Waals surface area contributed by atoms with Gasteiger partial charge in [-0.05, 0) is 25.0 Å². The Morgan fingerprint density at radius 3 is 2.57 bits per heavy atom. The molecular formula is C16H17BrFNO2. The fourth-order valence-electron chi connectivity index (χ4n) is 3.46. The van der Waals surface area contributed by atoms with Gasteiger partial charge in [-0.25, -0.2) is 4.39 Å². The second-order valence-corrected chi connectivity index (χ2v) is 6.95. The fourth-order valence-corrected chi connectivity index (χ4v) is 3.79. The molecule has 0 aromatic heterocycles. The zero-order chi connectivity index (χ0) is 15.0. The molecule has 0 atom stereocenters. The molecule has 3 nitrogen and oxygen atoms in total. The number of benzene rings is 1. The molecule has 1 heterocycles. The van der Waals surface area contributed by atoms with Gasteiger partial charge in [-0.3, -0.25) is 14.5 Å². The lowest BCUT2D eigenvalue weighted by Gasteiger charge is -2.30. The Morgan fingerprint density at radius 1 is 1.19 bits per heavy atom. The zero-order valence-electron chi connectivity index (χ0n) is 11.7. The summed E-state index contributed by atoms with van der Waals surface area (Å²) < 4.78 is 14.6. The van der Waals surface area contributed by atoms with Crippen LogP contribution in [-0.4, -0.2) is 16.7 Å². The third-order valence-electron chi connectivity index (χ3n) is 4.64. The largest absolute Gasteiger partial charge is 0.278 e. The maximum Gasteiger partial charge on any atom is 0.236 e. The Balaban J connectivity index is 1.82. The van der Waals surface area contributed by atoms with Crippen molar-refractivity contribution in [3.8, 4) is 0 Å². The van der Waals surface area contributed by atoms with Crippen molar-refractivity contribution in [2.75, 3.05) is 0 Å². The summed E-state index contributed by atoms with van der Waals surface area (Å²) in [4.78, 5) is 26.1. The van der Waals surface area contributed by atoms with Gasteiger partial charge >= 0.3 is 0 Å². The van der Waals surface area contributed by atoms with Gasteiger partial charge in [0.1, 0.15) is 5.82 Å². The first-order valence-electron chi connectivity index (χ1n) is 7.31. The molecule has 2 fully saturated rings. The molecular weight excluding hydrogens is 337 g/mol. The molecule has 0 bridgehead atoms. The van der Waals surface area contributed by atoms with Gasteiger partial charge in [0.25, 0.3) is 0 Å². The van der Waals surface area contributed by atoms with E-state index in [-0.39, 0.29) is 18.4 Å². The first-order valence-corrected chi connectivity index (χ1v) is 8.10. The number of likely N-dealkylation sites (tertiary alicyclic amines) is 1. The van der Waals surface area contributed by atoms with E-state index in [4.69, 9.17) is 0 Å². The molecule has 1 aliphatic carbocycles. The van der Waals surface area contributed by atoms with Crippen molar-refractivity contribution in [3.63, 3.8) is 0 Å². The molecule has 0 unspecified atom stereocenters. The number of carbonyl (C=O) groups excluding carboxylic acids is 2. The van der Waals surface area contributed by atoms with E-state index in [9.17, 15) is 14.0 Å². The molecule has 5 heteroatoms. The third kappa shape index (κ3) is 2.63. The molecule has 1 saturated heterocycles. The van der Waals surface area contributed by atoms with E-state index < -0.39 is 11.2 Å². The van der Waals surface area contributed by atoms with Crippen molar-refractivity contribution >= 4 is 27.7 Å². The van der Waals surface area contributed by atoms with Crippen LogP contribution in [0.3, 0.4) is 0 Å². The van der Waals surface area contributed by atoms with Gasteiger partial charge in [-0.2, -0.15) is 0 Å². The summed E-state index contributed by atoms with van der Waals surface area (Å²) in [5.74, 6) is -0.659. The normalized spacial score (nSPS) is 21.3. The smallest absolute Gasteiger partial charge is 0.236 e. The van der Waals surface area contributed by atoms with Crippen LogP contribution in [0.5, 0.6) is 0 Å². The number of halogens is 2. The minimum Gasteiger partial charge on any atom is -0.278 e. The van der Waals surface area contributed by atoms with E-state index >= 15 is 0 Å². The Labute approximate surface area is 131 Å². The van der Waals surface area contributed by atoms with Crippen molar-refractivity contribution in [3.05, 3.63) is 34.1 Å². The highest BCUT2D eigenvalue weighted by Crippen LogP contribution is 2.45. The van der Waals surface area contributed by atoms with Gasteiger partial charge < -0.3 is 0 Å². The van der Waals surface area contributed by atoms with Gasteiger partial charge in [0.05, 0.1) is 12.0 Å². The lowest BCUT2D eigenvalue weighted by atomic mass is 9.73. The average Bonchev–Trinajstić information content (AvgIpc) is 2.67. The van der Waals surface area contributed by atoms with Crippen LogP contribution in [0, 0.1) is 11.2 Å². The van der Waals surface area contributed by atoms with Crippen molar-refractivity contribution in [2.45, 2.75) is 45.1 Å². The summed E-state index contributed by atoms with van der Waals surface area (Å²) >= 11 is 3.20. The van der Waals surface area contributed by atoms with Gasteiger partial charge in [-0.15, -0.1) is 0 Å². The molecule has 1 aromatic rings. The van der Waals surface area contributed by atoms with Crippen LogP contribution in [0.2, 0.25) is 0 Å². The van der Waals surface area contributed by atoms with Crippen LogP contribution < -0.4 is 0 Å². The average molecular weight is 354 g/mol. The summed E-state index contributed by atoms with van der Waals surface area (Å²) in [7, 11) is 0. The second kappa shape index (κ2) is 5.52. The molecule has 1 spiro atoms. The number of hydrogen-bond donors (Lipinski definition) is 0. The first-order chi connectivity index (χ1) is 10.0. The highest BCUT2D eigenvalue weighted by atomic mass is 79.9. The van der Waals surface area contributed by atoms with Gasteiger partial charge in [0, 0.05) is 16.5 Å². The summed E-state index contributed by atoms with van der Waals surface area (Å²) in [5.41, 5.74) is -0.117. The van der Waals surface area contributed by atoms with Crippen molar-refractivity contribution < 1.29 is 14.0 Å². The van der Waals surface area contributed by atoms with E-state index in [0.29, 0.717) is 16.5 Å². The van der Waals surface area contributed by atoms with Crippen LogP contribution in [0.15, 0.2) is 22.7 Å². The standard InChI is InChI=1S/C16H17BrFNO2/c17-12-5-4-11(13(18)8-12)10-19-14(20)9-16(15(19)21)6-2-1-3-7-16/h4-5,8H,1-3,6-7,9-10H2. The highest BCUT2D eigenvalue weighted by molar-refractivity contribution is 9.10. The van der Waals surface area contributed by atoms with Gasteiger partial charge in [0.15, 0.2) is 0 Å². The van der Waals surface area contributed by atoms with Gasteiger partial charge in [0.2, 0.25) is 11.8 Å². The Hall–Kier alpha value is -1.23. The lowest BCUT2D eigenvalue weighted by Crippen LogP contribution is -2.36. The van der Waals surface area contributed by atoms with Crippen molar-refractivity contribution in [1.29, 1.82) is 0 Å². The van der Waals surface area contributed by atoms with Crippen molar-refractivity contribution in [2.24, 2.45) is 5.41 Å². The number of amides is 2. The van der Waals surface area contributed by atoms with Crippen molar-refractivity contribution in [1.82, 2.24) is 4.90 Å². The minimum atomic E-state index is -0.499. The lowest BCUT2D eigenvalue weighted by molar-refractivity contribution is -0.142. The molecule has 112 valence electrons. The van der Waals surface area contributed by atoms with E-state index in [0.717, 1.165) is 32.1 Å². The highest BCUT2D eigenvalue weighted by Gasteiger charge is 2.51. The number of hydrogen-bond acceptors (Lipinski definition) is 2. The van der Waals surface area contributed by atoms with E-state index in [2.05, 4.69) is 15.9 Å². The monoisotopic (exact) mass is 353 g/mol. The molecule has 2 aliphatic rings. The summed E-state index contributed by atoms with van der Waals surface area (Å²) in [6.45, 7) is 0.0402. The van der Waals surface area contributed by atoms with Crippen LogP contribution in [0.1, 0.15) is 44.1 Å². The van der Waals surface area contributed by atoms with Crippen LogP contribution in [0.25, 0.3) is 0 Å². The zero-order valence-corrected chi connectivity index (χ0v) is 13.3. The topological polar surface area (TPSA) is 37.4 Å². The number of nitrogens with zero attached hydrogens (tertiary/aromatic N) is 1. The molecule has 1 aliphatic heterocycles. The predicted molar refractivity (Wildman–Crippen MR) is 79.8 cm³/mol. The van der Waals surface area contributed by atoms with E-state index in [1.165, 1.54) is 11.0 Å². The van der Waals surface area contributed by atoms with Crippen LogP contribution >= 0.6 is 15.9 Å². The Kier molecular flexibility index (Phi) is 3.86. The van der Waals surface area contributed by atoms with Crippen LogP contribution in [-0.2, 0) is 16.1 Å². The number of imide groups is 1. The fraction of sp³-hybridized carbons (Fsp3) is 0.500. The summed E-state index contributed by atoms with van der Waals surface area (Å²) in [6.07, 6.45) is 5.00. The number of carbonyl (C=O) groups is 2. The maximum absolute atomic E-state index is 13.9. The molecule has 21 heavy (non-hydrogen) atoms. The Morgan fingerprint density at radius 2 is 1.90 bits per heavy atom. The molecule has 0 radical (unpaired) electrons. The minimum absolute atomic E-state index is 0.0402. The molecule has 1 saturated carbocycles. The molecule has 0 N–H and O–H groups in total. The molecule has 2 amide bonds. The van der Waals surface area contributed by atoms with E-state index in [1.807, 2.05) is 0 Å². The maximum atomic E-state index is 13.9. The van der Waals surface area contributed by atoms with E-state index in [1.54, 1.807) is 12.1 Å². The first kappa shape index (κ1) is 14.7. The van der Waals surface area contributed by atoms with Gasteiger partial charge in [-0.1, -0.05) is 41.3 Å². The SMILES string of the molecule is O=C1CC2(CCCCC2)C(=O)N1Cc1ccc(Br)cc1F. The van der Waals surface area contributed by atoms with Crippen LogP contribution in [0.4, 0.5) is 4.39 Å². The molecule has 1 aromatic carbocycles.